The Morgan fingerprint density at radius 2 is 1.76 bits per heavy atom. The van der Waals surface area contributed by atoms with Crippen molar-refractivity contribution < 1.29 is 19.1 Å². The van der Waals surface area contributed by atoms with E-state index in [1.54, 1.807) is 32.0 Å². The van der Waals surface area contributed by atoms with E-state index < -0.39 is 12.1 Å². The van der Waals surface area contributed by atoms with Crippen molar-refractivity contribution in [2.24, 2.45) is 0 Å². The van der Waals surface area contributed by atoms with Gasteiger partial charge < -0.3 is 14.8 Å². The Morgan fingerprint density at radius 3 is 2.40 bits per heavy atom. The van der Waals surface area contributed by atoms with Crippen LogP contribution in [0.25, 0.3) is 0 Å². The van der Waals surface area contributed by atoms with E-state index in [4.69, 9.17) is 9.47 Å². The van der Waals surface area contributed by atoms with Crippen molar-refractivity contribution in [3.8, 4) is 5.75 Å². The molecule has 0 aliphatic rings. The van der Waals surface area contributed by atoms with Crippen LogP contribution in [0.15, 0.2) is 48.5 Å². The largest absolute Gasteiger partial charge is 0.481 e. The molecule has 5 heteroatoms. The molecule has 0 saturated carbocycles. The lowest BCUT2D eigenvalue weighted by Gasteiger charge is -2.18. The summed E-state index contributed by atoms with van der Waals surface area (Å²) >= 11 is 0. The van der Waals surface area contributed by atoms with Gasteiger partial charge in [-0.3, -0.25) is 4.79 Å². The SMILES string of the molecule is CCOC(=O)c1cccc(NC(=O)[C@H](CC)Oc2ccccc2)c1C. The van der Waals surface area contributed by atoms with Crippen molar-refractivity contribution in [3.05, 3.63) is 59.7 Å². The van der Waals surface area contributed by atoms with Crippen LogP contribution in [0.5, 0.6) is 5.75 Å². The molecule has 0 radical (unpaired) electrons. The molecule has 0 saturated heterocycles. The van der Waals surface area contributed by atoms with Gasteiger partial charge in [-0.2, -0.15) is 0 Å². The summed E-state index contributed by atoms with van der Waals surface area (Å²) in [5.74, 6) is -0.0133. The van der Waals surface area contributed by atoms with Crippen LogP contribution in [0.4, 0.5) is 5.69 Å². The molecule has 0 bridgehead atoms. The number of carbonyl (C=O) groups is 2. The fraction of sp³-hybridized carbons (Fsp3) is 0.300. The summed E-state index contributed by atoms with van der Waals surface area (Å²) in [7, 11) is 0. The Kier molecular flexibility index (Phi) is 6.57. The van der Waals surface area contributed by atoms with Crippen molar-refractivity contribution in [2.45, 2.75) is 33.3 Å². The van der Waals surface area contributed by atoms with Gasteiger partial charge in [0.2, 0.25) is 0 Å². The molecule has 0 spiro atoms. The molecular weight excluding hydrogens is 318 g/mol. The second-order valence-electron chi connectivity index (χ2n) is 5.52. The molecule has 2 rings (SSSR count). The van der Waals surface area contributed by atoms with Crippen LogP contribution in [0, 0.1) is 6.92 Å². The molecule has 0 heterocycles. The molecule has 0 fully saturated rings. The first-order valence-electron chi connectivity index (χ1n) is 8.36. The van der Waals surface area contributed by atoms with Crippen LogP contribution in [-0.2, 0) is 9.53 Å². The molecule has 0 aliphatic carbocycles. The first kappa shape index (κ1) is 18.5. The number of rotatable bonds is 7. The summed E-state index contributed by atoms with van der Waals surface area (Å²) in [5, 5.41) is 2.85. The third kappa shape index (κ3) is 4.83. The Balaban J connectivity index is 2.13. The number of anilines is 1. The van der Waals surface area contributed by atoms with Crippen molar-refractivity contribution in [1.29, 1.82) is 0 Å². The Bertz CT molecular complexity index is 728. The van der Waals surface area contributed by atoms with Gasteiger partial charge in [0, 0.05) is 5.69 Å². The van der Waals surface area contributed by atoms with Crippen LogP contribution >= 0.6 is 0 Å². The van der Waals surface area contributed by atoms with Crippen LogP contribution in [-0.4, -0.2) is 24.6 Å². The highest BCUT2D eigenvalue weighted by Gasteiger charge is 2.20. The van der Waals surface area contributed by atoms with Gasteiger partial charge in [0.05, 0.1) is 12.2 Å². The van der Waals surface area contributed by atoms with E-state index in [0.717, 1.165) is 0 Å². The lowest BCUT2D eigenvalue weighted by Crippen LogP contribution is -2.32. The van der Waals surface area contributed by atoms with Gasteiger partial charge in [0.15, 0.2) is 6.10 Å². The van der Waals surface area contributed by atoms with Crippen molar-refractivity contribution in [3.63, 3.8) is 0 Å². The number of esters is 1. The first-order valence-corrected chi connectivity index (χ1v) is 8.36. The van der Waals surface area contributed by atoms with Gasteiger partial charge in [0.25, 0.3) is 5.91 Å². The minimum atomic E-state index is -0.618. The number of benzene rings is 2. The Hall–Kier alpha value is -2.82. The number of carbonyl (C=O) groups excluding carboxylic acids is 2. The molecule has 1 atom stereocenters. The maximum absolute atomic E-state index is 12.6. The minimum Gasteiger partial charge on any atom is -0.481 e. The normalized spacial score (nSPS) is 11.5. The summed E-state index contributed by atoms with van der Waals surface area (Å²) in [4.78, 5) is 24.5. The molecular formula is C20H23NO4. The number of hydrogen-bond donors (Lipinski definition) is 1. The van der Waals surface area contributed by atoms with Gasteiger partial charge in [-0.15, -0.1) is 0 Å². The minimum absolute atomic E-state index is 0.254. The van der Waals surface area contributed by atoms with Gasteiger partial charge in [-0.1, -0.05) is 31.2 Å². The molecule has 0 aromatic heterocycles. The first-order chi connectivity index (χ1) is 12.1. The van der Waals surface area contributed by atoms with E-state index in [9.17, 15) is 9.59 Å². The maximum atomic E-state index is 12.6. The predicted molar refractivity (Wildman–Crippen MR) is 96.9 cm³/mol. The Labute approximate surface area is 148 Å². The average molecular weight is 341 g/mol. The van der Waals surface area contributed by atoms with E-state index in [-0.39, 0.29) is 5.91 Å². The van der Waals surface area contributed by atoms with E-state index in [0.29, 0.717) is 35.6 Å². The zero-order chi connectivity index (χ0) is 18.2. The number of amides is 1. The zero-order valence-corrected chi connectivity index (χ0v) is 14.7. The smallest absolute Gasteiger partial charge is 0.338 e. The third-order valence-electron chi connectivity index (χ3n) is 3.77. The van der Waals surface area contributed by atoms with Crippen LogP contribution in [0.3, 0.4) is 0 Å². The topological polar surface area (TPSA) is 64.6 Å². The molecule has 0 unspecified atom stereocenters. The van der Waals surface area contributed by atoms with Gasteiger partial charge >= 0.3 is 5.97 Å². The summed E-state index contributed by atoms with van der Waals surface area (Å²) in [6.07, 6.45) is -0.0924. The van der Waals surface area contributed by atoms with Crippen molar-refractivity contribution in [2.75, 3.05) is 11.9 Å². The monoisotopic (exact) mass is 341 g/mol. The van der Waals surface area contributed by atoms with Crippen LogP contribution in [0.2, 0.25) is 0 Å². The standard InChI is InChI=1S/C20H23NO4/c1-4-18(25-15-10-7-6-8-11-15)19(22)21-17-13-9-12-16(14(17)3)20(23)24-5-2/h6-13,18H,4-5H2,1-3H3,(H,21,22)/t18-/m0/s1. The number of hydrogen-bond acceptors (Lipinski definition) is 4. The average Bonchev–Trinajstić information content (AvgIpc) is 2.62. The highest BCUT2D eigenvalue weighted by Crippen LogP contribution is 2.21. The highest BCUT2D eigenvalue weighted by molar-refractivity contribution is 5.98. The lowest BCUT2D eigenvalue weighted by molar-refractivity contribution is -0.122. The maximum Gasteiger partial charge on any atom is 0.338 e. The van der Waals surface area contributed by atoms with Gasteiger partial charge in [0.1, 0.15) is 5.75 Å². The molecule has 0 aliphatic heterocycles. The molecule has 5 nitrogen and oxygen atoms in total. The number of ether oxygens (including phenoxy) is 2. The van der Waals surface area contributed by atoms with Crippen LogP contribution in [0.1, 0.15) is 36.2 Å². The van der Waals surface area contributed by atoms with Gasteiger partial charge in [-0.25, -0.2) is 4.79 Å². The summed E-state index contributed by atoms with van der Waals surface area (Å²) < 4.78 is 10.8. The zero-order valence-electron chi connectivity index (χ0n) is 14.7. The second-order valence-corrected chi connectivity index (χ2v) is 5.52. The number of nitrogens with one attached hydrogen (secondary N) is 1. The van der Waals surface area contributed by atoms with Crippen molar-refractivity contribution >= 4 is 17.6 Å². The molecule has 2 aromatic rings. The lowest BCUT2D eigenvalue weighted by atomic mass is 10.1. The van der Waals surface area contributed by atoms with Crippen molar-refractivity contribution in [1.82, 2.24) is 0 Å². The molecule has 132 valence electrons. The molecule has 25 heavy (non-hydrogen) atoms. The number of para-hydroxylation sites is 1. The third-order valence-corrected chi connectivity index (χ3v) is 3.77. The Morgan fingerprint density at radius 1 is 1.04 bits per heavy atom. The van der Waals surface area contributed by atoms with E-state index >= 15 is 0 Å². The quantitative estimate of drug-likeness (QED) is 0.774. The summed E-state index contributed by atoms with van der Waals surface area (Å²) in [5.41, 5.74) is 1.69. The highest BCUT2D eigenvalue weighted by atomic mass is 16.5. The van der Waals surface area contributed by atoms with E-state index in [2.05, 4.69) is 5.32 Å². The second kappa shape index (κ2) is 8.87. The predicted octanol–water partition coefficient (Wildman–Crippen LogP) is 3.97. The summed E-state index contributed by atoms with van der Waals surface area (Å²) in [6, 6.07) is 14.4. The van der Waals surface area contributed by atoms with Crippen LogP contribution < -0.4 is 10.1 Å². The molecule has 1 amide bonds. The molecule has 1 N–H and O–H groups in total. The van der Waals surface area contributed by atoms with E-state index in [1.807, 2.05) is 37.3 Å². The van der Waals surface area contributed by atoms with Gasteiger partial charge in [-0.05, 0) is 50.1 Å². The van der Waals surface area contributed by atoms with E-state index in [1.165, 1.54) is 0 Å². The molecule has 2 aromatic carbocycles. The fourth-order valence-corrected chi connectivity index (χ4v) is 2.40. The fourth-order valence-electron chi connectivity index (χ4n) is 2.40. The summed E-state index contributed by atoms with van der Waals surface area (Å²) in [6.45, 7) is 5.72.